The van der Waals surface area contributed by atoms with Crippen molar-refractivity contribution in [2.45, 2.75) is 65.2 Å². The van der Waals surface area contributed by atoms with Crippen molar-refractivity contribution in [3.63, 3.8) is 0 Å². The second-order valence-corrected chi connectivity index (χ2v) is 8.75. The first-order valence-electron chi connectivity index (χ1n) is 8.83. The first-order chi connectivity index (χ1) is 11.9. The normalized spacial score (nSPS) is 19.0. The molecule has 3 rings (SSSR count). The van der Waals surface area contributed by atoms with E-state index in [0.717, 1.165) is 11.7 Å². The van der Waals surface area contributed by atoms with Crippen LogP contribution < -0.4 is 10.8 Å². The molecule has 26 heavy (non-hydrogen) atoms. The lowest BCUT2D eigenvalue weighted by atomic mass is 9.78. The summed E-state index contributed by atoms with van der Waals surface area (Å²) in [5.74, 6) is 0.462. The van der Waals surface area contributed by atoms with E-state index >= 15 is 0 Å². The van der Waals surface area contributed by atoms with Gasteiger partial charge in [-0.05, 0) is 54.5 Å². The monoisotopic (exact) mass is 355 g/mol. The number of aromatic nitrogens is 2. The molecule has 0 spiro atoms. The molecule has 1 aromatic carbocycles. The number of nitrogens with zero attached hydrogens (tertiary/aromatic N) is 2. The molecule has 1 N–H and O–H groups in total. The van der Waals surface area contributed by atoms with Crippen molar-refractivity contribution in [2.75, 3.05) is 5.32 Å². The van der Waals surface area contributed by atoms with Crippen molar-refractivity contribution in [2.24, 2.45) is 0 Å². The van der Waals surface area contributed by atoms with Gasteiger partial charge in [0.2, 0.25) is 0 Å². The first kappa shape index (κ1) is 18.8. The van der Waals surface area contributed by atoms with Gasteiger partial charge in [0.15, 0.2) is 12.1 Å². The molecule has 1 fully saturated rings. The molecule has 1 aromatic heterocycles. The molecular formula is C19H26BN3O3. The third-order valence-corrected chi connectivity index (χ3v) is 4.87. The minimum Gasteiger partial charge on any atom is -0.399 e. The Bertz CT molecular complexity index is 843. The minimum atomic E-state index is -0.539. The van der Waals surface area contributed by atoms with Gasteiger partial charge in [-0.3, -0.25) is 4.79 Å². The smallest absolute Gasteiger partial charge is 0.399 e. The Kier molecular flexibility index (Phi) is 4.36. The highest BCUT2D eigenvalue weighted by molar-refractivity contribution is 6.64. The maximum Gasteiger partial charge on any atom is 0.497 e. The van der Waals surface area contributed by atoms with Crippen molar-refractivity contribution in [1.82, 2.24) is 9.97 Å². The first-order valence-corrected chi connectivity index (χ1v) is 8.83. The predicted molar refractivity (Wildman–Crippen MR) is 104 cm³/mol. The Morgan fingerprint density at radius 2 is 1.69 bits per heavy atom. The topological polar surface area (TPSA) is 73.3 Å². The summed E-state index contributed by atoms with van der Waals surface area (Å²) in [5, 5.41) is 3.26. The summed E-state index contributed by atoms with van der Waals surface area (Å²) in [7, 11) is -0.539. The number of para-hydroxylation sites is 1. The quantitative estimate of drug-likeness (QED) is 0.674. The molecule has 0 saturated carbocycles. The van der Waals surface area contributed by atoms with E-state index in [0.29, 0.717) is 22.5 Å². The molecule has 1 saturated heterocycles. The van der Waals surface area contributed by atoms with Crippen LogP contribution in [0.4, 0.5) is 5.82 Å². The molecule has 0 bridgehead atoms. The number of fused-ring (bicyclic) bond motifs is 1. The number of rotatable bonds is 3. The van der Waals surface area contributed by atoms with E-state index in [1.807, 2.05) is 66.7 Å². The maximum atomic E-state index is 11.5. The van der Waals surface area contributed by atoms with Crippen molar-refractivity contribution < 1.29 is 14.1 Å². The Hall–Kier alpha value is -1.99. The summed E-state index contributed by atoms with van der Waals surface area (Å²) in [6.45, 7) is 14.1. The van der Waals surface area contributed by atoms with Crippen LogP contribution in [-0.2, 0) is 9.31 Å². The summed E-state index contributed by atoms with van der Waals surface area (Å²) >= 11 is 0. The SMILES string of the molecule is CC(C)(C)Nc1nc2c(B3OC(C)(C)C(C)(C)O3)cccc2nc1C=O. The lowest BCUT2D eigenvalue weighted by molar-refractivity contribution is 0.00578. The maximum absolute atomic E-state index is 11.5. The van der Waals surface area contributed by atoms with Gasteiger partial charge in [-0.2, -0.15) is 0 Å². The second kappa shape index (κ2) is 6.03. The number of carbonyl (C=O) groups excluding carboxylic acids is 1. The van der Waals surface area contributed by atoms with E-state index in [4.69, 9.17) is 14.3 Å². The van der Waals surface area contributed by atoms with E-state index in [-0.39, 0.29) is 5.54 Å². The number of carbonyl (C=O) groups is 1. The second-order valence-electron chi connectivity index (χ2n) is 8.75. The Morgan fingerprint density at radius 3 is 2.23 bits per heavy atom. The molecule has 0 aliphatic carbocycles. The number of benzene rings is 1. The highest BCUT2D eigenvalue weighted by Crippen LogP contribution is 2.37. The van der Waals surface area contributed by atoms with E-state index in [1.54, 1.807) is 0 Å². The standard InChI is InChI=1S/C19H26BN3O3/c1-17(2,3)23-16-14(11-24)21-13-10-8-9-12(15(13)22-16)20-25-18(4,5)19(6,7)26-20/h8-11H,1-7H3,(H,22,23). The van der Waals surface area contributed by atoms with Crippen LogP contribution in [0.3, 0.4) is 0 Å². The van der Waals surface area contributed by atoms with Gasteiger partial charge in [-0.25, -0.2) is 9.97 Å². The van der Waals surface area contributed by atoms with Gasteiger partial charge in [0.1, 0.15) is 5.69 Å². The fraction of sp³-hybridized carbons (Fsp3) is 0.526. The Morgan fingerprint density at radius 1 is 1.08 bits per heavy atom. The van der Waals surface area contributed by atoms with Gasteiger partial charge >= 0.3 is 7.12 Å². The van der Waals surface area contributed by atoms with Gasteiger partial charge in [0.25, 0.3) is 0 Å². The number of anilines is 1. The molecular weight excluding hydrogens is 329 g/mol. The van der Waals surface area contributed by atoms with Crippen LogP contribution in [0.25, 0.3) is 11.0 Å². The molecule has 1 aliphatic rings. The molecule has 138 valence electrons. The van der Waals surface area contributed by atoms with E-state index in [1.165, 1.54) is 0 Å². The summed E-state index contributed by atoms with van der Waals surface area (Å²) < 4.78 is 12.4. The average Bonchev–Trinajstić information content (AvgIpc) is 2.72. The zero-order chi connectivity index (χ0) is 19.3. The van der Waals surface area contributed by atoms with Crippen LogP contribution >= 0.6 is 0 Å². The fourth-order valence-corrected chi connectivity index (χ4v) is 2.80. The number of aldehydes is 1. The van der Waals surface area contributed by atoms with E-state index in [2.05, 4.69) is 10.3 Å². The van der Waals surface area contributed by atoms with Gasteiger partial charge in [-0.15, -0.1) is 0 Å². The van der Waals surface area contributed by atoms with Crippen LogP contribution in [0.5, 0.6) is 0 Å². The molecule has 6 nitrogen and oxygen atoms in total. The summed E-state index contributed by atoms with van der Waals surface area (Å²) in [4.78, 5) is 20.7. The Labute approximate surface area is 154 Å². The van der Waals surface area contributed by atoms with Gasteiger partial charge in [-0.1, -0.05) is 12.1 Å². The van der Waals surface area contributed by atoms with Crippen LogP contribution in [0.1, 0.15) is 59.0 Å². The molecule has 1 aliphatic heterocycles. The van der Waals surface area contributed by atoms with Crippen molar-refractivity contribution in [1.29, 1.82) is 0 Å². The highest BCUT2D eigenvalue weighted by Gasteiger charge is 2.52. The number of hydrogen-bond acceptors (Lipinski definition) is 6. The molecule has 2 heterocycles. The zero-order valence-corrected chi connectivity index (χ0v) is 16.5. The number of nitrogens with one attached hydrogen (secondary N) is 1. The van der Waals surface area contributed by atoms with Crippen molar-refractivity contribution in [3.05, 3.63) is 23.9 Å². The van der Waals surface area contributed by atoms with E-state index in [9.17, 15) is 4.79 Å². The average molecular weight is 355 g/mol. The zero-order valence-electron chi connectivity index (χ0n) is 16.5. The largest absolute Gasteiger partial charge is 0.497 e. The minimum absolute atomic E-state index is 0.251. The predicted octanol–water partition coefficient (Wildman–Crippen LogP) is 2.95. The molecule has 7 heteroatoms. The van der Waals surface area contributed by atoms with E-state index < -0.39 is 18.3 Å². The van der Waals surface area contributed by atoms with Crippen molar-refractivity contribution in [3.8, 4) is 0 Å². The fourth-order valence-electron chi connectivity index (χ4n) is 2.80. The third-order valence-electron chi connectivity index (χ3n) is 4.87. The highest BCUT2D eigenvalue weighted by atomic mass is 16.7. The summed E-state index contributed by atoms with van der Waals surface area (Å²) in [5.41, 5.74) is 1.27. The molecule has 0 atom stereocenters. The molecule has 0 amide bonds. The molecule has 0 radical (unpaired) electrons. The summed E-state index contributed by atoms with van der Waals surface area (Å²) in [6, 6.07) is 5.65. The lowest BCUT2D eigenvalue weighted by Crippen LogP contribution is -2.41. The number of hydrogen-bond donors (Lipinski definition) is 1. The van der Waals surface area contributed by atoms with Crippen LogP contribution in [-0.4, -0.2) is 40.1 Å². The van der Waals surface area contributed by atoms with Gasteiger partial charge in [0.05, 0.1) is 22.2 Å². The van der Waals surface area contributed by atoms with Crippen LogP contribution in [0, 0.1) is 0 Å². The lowest BCUT2D eigenvalue weighted by Gasteiger charge is -2.32. The van der Waals surface area contributed by atoms with Crippen LogP contribution in [0.15, 0.2) is 18.2 Å². The molecule has 2 aromatic rings. The van der Waals surface area contributed by atoms with Crippen molar-refractivity contribution >= 4 is 35.7 Å². The van der Waals surface area contributed by atoms with Gasteiger partial charge in [0, 0.05) is 11.0 Å². The Balaban J connectivity index is 2.13. The summed E-state index contributed by atoms with van der Waals surface area (Å²) in [6.07, 6.45) is 0.724. The molecule has 0 unspecified atom stereocenters. The van der Waals surface area contributed by atoms with Gasteiger partial charge < -0.3 is 14.6 Å². The van der Waals surface area contributed by atoms with Crippen LogP contribution in [0.2, 0.25) is 0 Å². The third kappa shape index (κ3) is 3.33.